The second-order valence-electron chi connectivity index (χ2n) is 8.32. The molecule has 3 aliphatic rings. The lowest BCUT2D eigenvalue weighted by Gasteiger charge is -2.48. The number of carbonyl (C=O) groups is 2. The third-order valence-electron chi connectivity index (χ3n) is 6.33. The summed E-state index contributed by atoms with van der Waals surface area (Å²) in [6.07, 6.45) is 6.75. The van der Waals surface area contributed by atoms with Gasteiger partial charge in [-0.2, -0.15) is 11.8 Å². The zero-order valence-electron chi connectivity index (χ0n) is 15.9. The van der Waals surface area contributed by atoms with Gasteiger partial charge < -0.3 is 15.3 Å². The average Bonchev–Trinajstić information content (AvgIpc) is 2.67. The Morgan fingerprint density at radius 2 is 1.85 bits per heavy atom. The first kappa shape index (κ1) is 19.8. The van der Waals surface area contributed by atoms with Crippen LogP contribution in [-0.4, -0.2) is 76.7 Å². The van der Waals surface area contributed by atoms with Crippen LogP contribution in [0.15, 0.2) is 0 Å². The van der Waals surface area contributed by atoms with Gasteiger partial charge in [0, 0.05) is 49.8 Å². The molecular weight excluding hydrogens is 350 g/mol. The minimum absolute atomic E-state index is 0.0841. The second-order valence-corrected chi connectivity index (χ2v) is 9.55. The van der Waals surface area contributed by atoms with E-state index in [2.05, 4.69) is 10.2 Å². The molecule has 26 heavy (non-hydrogen) atoms. The number of nitrogens with zero attached hydrogens (tertiary/aromatic N) is 2. The molecule has 0 bridgehead atoms. The first-order valence-electron chi connectivity index (χ1n) is 10.1. The van der Waals surface area contributed by atoms with Crippen molar-refractivity contribution < 1.29 is 14.7 Å². The summed E-state index contributed by atoms with van der Waals surface area (Å²) in [6, 6.07) is -0.0841. The monoisotopic (exact) mass is 383 g/mol. The third-order valence-corrected chi connectivity index (χ3v) is 7.27. The molecule has 0 aromatic carbocycles. The number of carboxylic acid groups (broad SMARTS) is 1. The lowest BCUT2D eigenvalue weighted by molar-refractivity contribution is -0.143. The molecule has 6 nitrogen and oxygen atoms in total. The van der Waals surface area contributed by atoms with E-state index in [0.29, 0.717) is 26.1 Å². The number of thioether (sulfide) groups is 1. The van der Waals surface area contributed by atoms with Gasteiger partial charge in [-0.3, -0.25) is 9.69 Å². The zero-order valence-corrected chi connectivity index (χ0v) is 16.7. The molecule has 1 saturated carbocycles. The van der Waals surface area contributed by atoms with E-state index in [-0.39, 0.29) is 17.5 Å². The van der Waals surface area contributed by atoms with E-state index < -0.39 is 11.9 Å². The molecule has 3 fully saturated rings. The van der Waals surface area contributed by atoms with Crippen molar-refractivity contribution in [1.29, 1.82) is 0 Å². The lowest BCUT2D eigenvalue weighted by atomic mass is 9.80. The van der Waals surface area contributed by atoms with Crippen LogP contribution >= 0.6 is 11.8 Å². The van der Waals surface area contributed by atoms with Crippen LogP contribution in [0.25, 0.3) is 0 Å². The molecule has 2 saturated heterocycles. The van der Waals surface area contributed by atoms with E-state index in [9.17, 15) is 14.7 Å². The fourth-order valence-electron chi connectivity index (χ4n) is 4.90. The van der Waals surface area contributed by atoms with E-state index in [1.807, 2.05) is 18.7 Å². The Morgan fingerprint density at radius 3 is 2.50 bits per heavy atom. The summed E-state index contributed by atoms with van der Waals surface area (Å²) >= 11 is 2.02. The van der Waals surface area contributed by atoms with Crippen LogP contribution in [0.4, 0.5) is 4.79 Å². The molecule has 7 heteroatoms. The summed E-state index contributed by atoms with van der Waals surface area (Å²) in [6.45, 7) is 5.94. The minimum Gasteiger partial charge on any atom is -0.481 e. The number of nitrogens with one attached hydrogen (secondary N) is 1. The number of carbonyl (C=O) groups excluding carboxylic acids is 1. The molecule has 0 aromatic heterocycles. The SMILES string of the molecule is CC1CC(C(=O)O)CN(C(=O)NCC2(N3CCSCC3)CCCCC2)C1. The number of urea groups is 1. The third kappa shape index (κ3) is 4.66. The molecular formula is C19H33N3O3S. The van der Waals surface area contributed by atoms with Crippen LogP contribution in [0, 0.1) is 11.8 Å². The van der Waals surface area contributed by atoms with Gasteiger partial charge in [-0.25, -0.2) is 4.79 Å². The van der Waals surface area contributed by atoms with Crippen LogP contribution < -0.4 is 5.32 Å². The molecule has 2 unspecified atom stereocenters. The second kappa shape index (κ2) is 8.83. The van der Waals surface area contributed by atoms with Gasteiger partial charge >= 0.3 is 12.0 Å². The number of rotatable bonds is 4. The fourth-order valence-corrected chi connectivity index (χ4v) is 5.80. The van der Waals surface area contributed by atoms with E-state index in [4.69, 9.17) is 0 Å². The standard InChI is InChI=1S/C19H33N3O3S/c1-15-11-16(17(23)24)13-21(12-15)18(25)20-14-19(5-3-2-4-6-19)22-7-9-26-10-8-22/h15-16H,2-14H2,1H3,(H,20,25)(H,23,24). The van der Waals surface area contributed by atoms with Gasteiger partial charge in [0.1, 0.15) is 0 Å². The van der Waals surface area contributed by atoms with Crippen molar-refractivity contribution in [2.45, 2.75) is 51.0 Å². The van der Waals surface area contributed by atoms with E-state index in [1.54, 1.807) is 4.90 Å². The summed E-state index contributed by atoms with van der Waals surface area (Å²) in [5.41, 5.74) is 0.0997. The Hall–Kier alpha value is -0.950. The highest BCUT2D eigenvalue weighted by molar-refractivity contribution is 7.99. The summed E-state index contributed by atoms with van der Waals surface area (Å²) in [7, 11) is 0. The van der Waals surface area contributed by atoms with Crippen LogP contribution in [0.2, 0.25) is 0 Å². The molecule has 0 radical (unpaired) electrons. The molecule has 0 spiro atoms. The van der Waals surface area contributed by atoms with Gasteiger partial charge in [0.05, 0.1) is 5.92 Å². The molecule has 2 aliphatic heterocycles. The molecule has 2 atom stereocenters. The van der Waals surface area contributed by atoms with Crippen LogP contribution in [0.5, 0.6) is 0 Å². The maximum absolute atomic E-state index is 12.8. The Morgan fingerprint density at radius 1 is 1.15 bits per heavy atom. The summed E-state index contributed by atoms with van der Waals surface area (Å²) in [5.74, 6) is 1.37. The number of carboxylic acids is 1. The summed E-state index contributed by atoms with van der Waals surface area (Å²) in [5, 5.41) is 12.5. The van der Waals surface area contributed by atoms with Gasteiger partial charge in [0.15, 0.2) is 0 Å². The first-order chi connectivity index (χ1) is 12.5. The van der Waals surface area contributed by atoms with Crippen molar-refractivity contribution in [2.24, 2.45) is 11.8 Å². The van der Waals surface area contributed by atoms with Crippen molar-refractivity contribution in [3.63, 3.8) is 0 Å². The highest BCUT2D eigenvalue weighted by atomic mass is 32.2. The van der Waals surface area contributed by atoms with Gasteiger partial charge in [-0.1, -0.05) is 26.2 Å². The highest BCUT2D eigenvalue weighted by Crippen LogP contribution is 2.35. The predicted molar refractivity (Wildman–Crippen MR) is 105 cm³/mol. The van der Waals surface area contributed by atoms with Crippen molar-refractivity contribution in [2.75, 3.05) is 44.2 Å². The minimum atomic E-state index is -0.788. The Kier molecular flexibility index (Phi) is 6.72. The normalized spacial score (nSPS) is 30.0. The van der Waals surface area contributed by atoms with Gasteiger partial charge in [-0.15, -0.1) is 0 Å². The number of likely N-dealkylation sites (tertiary alicyclic amines) is 1. The molecule has 148 valence electrons. The van der Waals surface area contributed by atoms with Gasteiger partial charge in [-0.05, 0) is 25.2 Å². The largest absolute Gasteiger partial charge is 0.481 e. The number of aliphatic carboxylic acids is 1. The van der Waals surface area contributed by atoms with Crippen molar-refractivity contribution >= 4 is 23.8 Å². The lowest BCUT2D eigenvalue weighted by Crippen LogP contribution is -2.60. The predicted octanol–water partition coefficient (Wildman–Crippen LogP) is 2.49. The van der Waals surface area contributed by atoms with Gasteiger partial charge in [0.2, 0.25) is 0 Å². The fraction of sp³-hybridized carbons (Fsp3) is 0.895. The molecule has 3 rings (SSSR count). The summed E-state index contributed by atoms with van der Waals surface area (Å²) in [4.78, 5) is 28.5. The maximum Gasteiger partial charge on any atom is 0.317 e. The summed E-state index contributed by atoms with van der Waals surface area (Å²) < 4.78 is 0. The highest BCUT2D eigenvalue weighted by Gasteiger charge is 2.39. The Balaban J connectivity index is 1.61. The molecule has 2 N–H and O–H groups in total. The van der Waals surface area contributed by atoms with Gasteiger partial charge in [0.25, 0.3) is 0 Å². The van der Waals surface area contributed by atoms with Crippen molar-refractivity contribution in [3.8, 4) is 0 Å². The number of piperidine rings is 1. The van der Waals surface area contributed by atoms with Crippen molar-refractivity contribution in [3.05, 3.63) is 0 Å². The quantitative estimate of drug-likeness (QED) is 0.780. The van der Waals surface area contributed by atoms with Crippen LogP contribution in [0.3, 0.4) is 0 Å². The molecule has 1 aliphatic carbocycles. The van der Waals surface area contributed by atoms with Crippen molar-refractivity contribution in [1.82, 2.24) is 15.1 Å². The number of amides is 2. The van der Waals surface area contributed by atoms with E-state index in [0.717, 1.165) is 25.9 Å². The van der Waals surface area contributed by atoms with E-state index >= 15 is 0 Å². The van der Waals surface area contributed by atoms with Crippen LogP contribution in [-0.2, 0) is 4.79 Å². The maximum atomic E-state index is 12.8. The topological polar surface area (TPSA) is 72.9 Å². The Bertz CT molecular complexity index is 504. The molecule has 0 aromatic rings. The molecule has 2 amide bonds. The zero-order chi connectivity index (χ0) is 18.6. The number of hydrogen-bond acceptors (Lipinski definition) is 4. The van der Waals surface area contributed by atoms with Crippen LogP contribution in [0.1, 0.15) is 45.4 Å². The average molecular weight is 384 g/mol. The number of hydrogen-bond donors (Lipinski definition) is 2. The smallest absolute Gasteiger partial charge is 0.317 e. The Labute approximate surface area is 161 Å². The molecule has 2 heterocycles. The first-order valence-corrected chi connectivity index (χ1v) is 11.2. The van der Waals surface area contributed by atoms with E-state index in [1.165, 1.54) is 30.8 Å².